The molecule has 1 aromatic carbocycles. The summed E-state index contributed by atoms with van der Waals surface area (Å²) in [7, 11) is 0. The van der Waals surface area contributed by atoms with Gasteiger partial charge in [0.2, 0.25) is 0 Å². The summed E-state index contributed by atoms with van der Waals surface area (Å²) in [6.07, 6.45) is 5.08. The second-order valence-corrected chi connectivity index (χ2v) is 6.80. The fourth-order valence-corrected chi connectivity index (χ4v) is 3.44. The lowest BCUT2D eigenvalue weighted by molar-refractivity contribution is 0.136. The summed E-state index contributed by atoms with van der Waals surface area (Å²) in [5, 5.41) is 10.8. The lowest BCUT2D eigenvalue weighted by Gasteiger charge is -2.30. The van der Waals surface area contributed by atoms with Crippen LogP contribution in [0.1, 0.15) is 44.2 Å². The van der Waals surface area contributed by atoms with Crippen LogP contribution in [-0.4, -0.2) is 40.3 Å². The van der Waals surface area contributed by atoms with E-state index in [1.54, 1.807) is 5.01 Å². The van der Waals surface area contributed by atoms with Gasteiger partial charge < -0.3 is 10.6 Å². The van der Waals surface area contributed by atoms with Crippen molar-refractivity contribution in [3.05, 3.63) is 29.3 Å². The molecule has 0 bridgehead atoms. The molecule has 1 aliphatic carbocycles. The topological polar surface area (TPSA) is 47.6 Å². The third-order valence-electron chi connectivity index (χ3n) is 4.64. The van der Waals surface area contributed by atoms with Crippen molar-refractivity contribution in [1.29, 1.82) is 0 Å². The van der Waals surface area contributed by atoms with Crippen molar-refractivity contribution in [2.45, 2.75) is 52.0 Å². The zero-order valence-electron chi connectivity index (χ0n) is 14.5. The van der Waals surface area contributed by atoms with Gasteiger partial charge in [-0.15, -0.1) is 0 Å². The maximum absolute atomic E-state index is 12.9. The average molecular weight is 347 g/mol. The maximum Gasteiger partial charge on any atom is 0.340 e. The van der Waals surface area contributed by atoms with E-state index in [1.807, 2.05) is 5.01 Å². The molecule has 0 aromatic heterocycles. The molecule has 0 spiro atoms. The van der Waals surface area contributed by atoms with E-state index < -0.39 is 0 Å². The largest absolute Gasteiger partial charge is 0.358 e. The minimum absolute atomic E-state index is 0.0944. The predicted molar refractivity (Wildman–Crippen MR) is 101 cm³/mol. The Morgan fingerprint density at radius 3 is 2.38 bits per heavy atom. The van der Waals surface area contributed by atoms with Crippen LogP contribution in [-0.2, 0) is 12.8 Å². The summed E-state index contributed by atoms with van der Waals surface area (Å²) in [6.45, 7) is 5.72. The summed E-state index contributed by atoms with van der Waals surface area (Å²) < 4.78 is 0. The van der Waals surface area contributed by atoms with Crippen LogP contribution < -0.4 is 10.6 Å². The van der Waals surface area contributed by atoms with Gasteiger partial charge in [-0.1, -0.05) is 32.0 Å². The predicted octanol–water partition coefficient (Wildman–Crippen LogP) is 3.30. The number of hydrogen-bond donors (Lipinski definition) is 2. The molecule has 2 amide bonds. The zero-order chi connectivity index (χ0) is 17.1. The smallest absolute Gasteiger partial charge is 0.340 e. The number of carbonyl (C=O) groups is 1. The number of nitrogens with zero attached hydrogens (tertiary/aromatic N) is 2. The van der Waals surface area contributed by atoms with Crippen LogP contribution in [0.15, 0.2) is 18.2 Å². The first kappa shape index (κ1) is 17.0. The van der Waals surface area contributed by atoms with Crippen molar-refractivity contribution >= 4 is 29.0 Å². The fraction of sp³-hybridized carbons (Fsp3) is 0.556. The van der Waals surface area contributed by atoms with E-state index in [0.29, 0.717) is 17.7 Å². The number of urea groups is 1. The first-order valence-electron chi connectivity index (χ1n) is 8.91. The lowest BCUT2D eigenvalue weighted by atomic mass is 10.0. The van der Waals surface area contributed by atoms with E-state index in [4.69, 9.17) is 12.2 Å². The number of rotatable bonds is 4. The molecule has 1 saturated carbocycles. The zero-order valence-corrected chi connectivity index (χ0v) is 15.3. The molecule has 6 heteroatoms. The van der Waals surface area contributed by atoms with Gasteiger partial charge in [0.25, 0.3) is 0 Å². The van der Waals surface area contributed by atoms with Crippen LogP contribution in [0.3, 0.4) is 0 Å². The van der Waals surface area contributed by atoms with Crippen LogP contribution in [0.2, 0.25) is 0 Å². The number of nitrogens with one attached hydrogen (secondary N) is 2. The molecular weight excluding hydrogens is 320 g/mol. The number of benzene rings is 1. The summed E-state index contributed by atoms with van der Waals surface area (Å²) in [5.41, 5.74) is 3.31. The highest BCUT2D eigenvalue weighted by molar-refractivity contribution is 7.80. The molecule has 0 atom stereocenters. The normalized spacial score (nSPS) is 17.1. The lowest BCUT2D eigenvalue weighted by Crippen LogP contribution is -2.51. The van der Waals surface area contributed by atoms with Crippen LogP contribution >= 0.6 is 12.2 Å². The van der Waals surface area contributed by atoms with Gasteiger partial charge in [0.15, 0.2) is 5.11 Å². The van der Waals surface area contributed by atoms with Gasteiger partial charge in [0.05, 0.1) is 0 Å². The Hall–Kier alpha value is -1.82. The summed E-state index contributed by atoms with van der Waals surface area (Å²) in [6, 6.07) is 6.62. The molecule has 0 radical (unpaired) electrons. The van der Waals surface area contributed by atoms with Crippen molar-refractivity contribution < 1.29 is 4.79 Å². The van der Waals surface area contributed by atoms with Crippen molar-refractivity contribution in [3.8, 4) is 0 Å². The Kier molecular flexibility index (Phi) is 5.23. The number of hydrogen-bond acceptors (Lipinski definition) is 2. The van der Waals surface area contributed by atoms with E-state index in [2.05, 4.69) is 42.7 Å². The minimum Gasteiger partial charge on any atom is -0.358 e. The second-order valence-electron chi connectivity index (χ2n) is 6.41. The molecule has 0 unspecified atom stereocenters. The van der Waals surface area contributed by atoms with E-state index in [9.17, 15) is 4.79 Å². The number of anilines is 1. The second kappa shape index (κ2) is 7.38. The summed E-state index contributed by atoms with van der Waals surface area (Å²) in [4.78, 5) is 12.9. The summed E-state index contributed by atoms with van der Waals surface area (Å²) in [5.74, 6) is 0. The molecule has 1 aromatic rings. The van der Waals surface area contributed by atoms with Crippen molar-refractivity contribution in [3.63, 3.8) is 0 Å². The van der Waals surface area contributed by atoms with Gasteiger partial charge in [-0.25, -0.2) is 9.80 Å². The number of aryl methyl sites for hydroxylation is 2. The standard InChI is InChI=1S/C18H26N4OS/c1-3-13-7-5-8-14(4-2)16(13)20-17(23)21-11-6-12-22(21)18(24)19-15-9-10-15/h5,7-8,15H,3-4,6,9-12H2,1-2H3,(H,19,24)(H,20,23). The molecule has 130 valence electrons. The van der Waals surface area contributed by atoms with Gasteiger partial charge in [-0.05, 0) is 55.4 Å². The highest BCUT2D eigenvalue weighted by Crippen LogP contribution is 2.24. The molecular formula is C18H26N4OS. The number of thiocarbonyl (C=S) groups is 1. The molecule has 1 heterocycles. The molecule has 3 rings (SSSR count). The van der Waals surface area contributed by atoms with Crippen LogP contribution in [0.5, 0.6) is 0 Å². The number of para-hydroxylation sites is 1. The Morgan fingerprint density at radius 2 is 1.79 bits per heavy atom. The van der Waals surface area contributed by atoms with Crippen molar-refractivity contribution in [2.75, 3.05) is 18.4 Å². The number of carbonyl (C=O) groups excluding carboxylic acids is 1. The van der Waals surface area contributed by atoms with Gasteiger partial charge in [-0.2, -0.15) is 0 Å². The Morgan fingerprint density at radius 1 is 1.17 bits per heavy atom. The quantitative estimate of drug-likeness (QED) is 0.821. The van der Waals surface area contributed by atoms with E-state index in [0.717, 1.165) is 31.5 Å². The van der Waals surface area contributed by atoms with Gasteiger partial charge >= 0.3 is 6.03 Å². The van der Waals surface area contributed by atoms with E-state index in [-0.39, 0.29) is 6.03 Å². The third kappa shape index (κ3) is 3.64. The Labute approximate surface area is 149 Å². The highest BCUT2D eigenvalue weighted by Gasteiger charge is 2.32. The number of amides is 2. The molecule has 5 nitrogen and oxygen atoms in total. The first-order valence-corrected chi connectivity index (χ1v) is 9.32. The van der Waals surface area contributed by atoms with Gasteiger partial charge in [0.1, 0.15) is 0 Å². The molecule has 2 fully saturated rings. The first-order chi connectivity index (χ1) is 11.6. The minimum atomic E-state index is -0.0944. The molecule has 24 heavy (non-hydrogen) atoms. The van der Waals surface area contributed by atoms with E-state index >= 15 is 0 Å². The van der Waals surface area contributed by atoms with Crippen LogP contribution in [0.4, 0.5) is 10.5 Å². The molecule has 1 saturated heterocycles. The monoisotopic (exact) mass is 346 g/mol. The van der Waals surface area contributed by atoms with Gasteiger partial charge in [0, 0.05) is 24.8 Å². The Balaban J connectivity index is 1.73. The average Bonchev–Trinajstić information content (AvgIpc) is 3.26. The summed E-state index contributed by atoms with van der Waals surface area (Å²) >= 11 is 5.48. The number of hydrazine groups is 1. The van der Waals surface area contributed by atoms with Crippen LogP contribution in [0, 0.1) is 0 Å². The molecule has 2 N–H and O–H groups in total. The molecule has 2 aliphatic rings. The van der Waals surface area contributed by atoms with Gasteiger partial charge in [-0.3, -0.25) is 5.01 Å². The SMILES string of the molecule is CCc1cccc(CC)c1NC(=O)N1CCCN1C(=S)NC1CC1. The van der Waals surface area contributed by atoms with Crippen molar-refractivity contribution in [2.24, 2.45) is 0 Å². The van der Waals surface area contributed by atoms with Crippen molar-refractivity contribution in [1.82, 2.24) is 15.3 Å². The maximum atomic E-state index is 12.9. The fourth-order valence-electron chi connectivity index (χ4n) is 3.09. The van der Waals surface area contributed by atoms with E-state index in [1.165, 1.54) is 24.0 Å². The highest BCUT2D eigenvalue weighted by atomic mass is 32.1. The van der Waals surface area contributed by atoms with Crippen LogP contribution in [0.25, 0.3) is 0 Å². The Bertz CT molecular complexity index is 607. The molecule has 1 aliphatic heterocycles. The third-order valence-corrected chi connectivity index (χ3v) is 4.96.